The predicted octanol–water partition coefficient (Wildman–Crippen LogP) is 7.35. The maximum atomic E-state index is 13.4. The molecule has 1 unspecified atom stereocenters. The van der Waals surface area contributed by atoms with Crippen molar-refractivity contribution in [2.75, 3.05) is 20.8 Å². The van der Waals surface area contributed by atoms with Crippen molar-refractivity contribution in [1.82, 2.24) is 14.2 Å². The summed E-state index contributed by atoms with van der Waals surface area (Å²) in [5, 5.41) is 9.44. The molecule has 1 aromatic heterocycles. The van der Waals surface area contributed by atoms with E-state index in [1.165, 1.54) is 4.57 Å². The second-order valence-electron chi connectivity index (χ2n) is 15.5. The predicted molar refractivity (Wildman–Crippen MR) is 212 cm³/mol. The van der Waals surface area contributed by atoms with E-state index in [4.69, 9.17) is 28.0 Å². The second kappa shape index (κ2) is 15.9. The Morgan fingerprint density at radius 2 is 1.50 bits per heavy atom. The standard InChI is InChI=1S/C43H51N4O8P/c1-28(2)47(29(3)4)56(52-23-11-22-44)55-41-24-34-25-42(34,39(41)53-37(26-41)46-27-30(5)38(48)45-40(46)49)54-43(31-12-9-8-10-13-31,32-14-18-35(50-6)19-15-32)33-16-20-36(51-7)21-17-33/h8-10,12-21,27-29,34,37,39H,11,23-26H2,1-7H3,(H,45,48,49)/t34-,37-,39+,41+,42-,56?/m1/s1. The van der Waals surface area contributed by atoms with Crippen LogP contribution in [-0.2, 0) is 24.1 Å². The third kappa shape index (κ3) is 7.10. The molecule has 3 aliphatic rings. The highest BCUT2D eigenvalue weighted by molar-refractivity contribution is 7.44. The molecule has 0 radical (unpaired) electrons. The Hall–Kier alpha value is -4.34. The van der Waals surface area contributed by atoms with Gasteiger partial charge in [0.15, 0.2) is 0 Å². The largest absolute Gasteiger partial charge is 0.497 e. The summed E-state index contributed by atoms with van der Waals surface area (Å²) in [7, 11) is 1.59. The molecule has 3 aromatic carbocycles. The van der Waals surface area contributed by atoms with Crippen molar-refractivity contribution in [1.29, 1.82) is 5.26 Å². The van der Waals surface area contributed by atoms with E-state index in [1.807, 2.05) is 66.7 Å². The van der Waals surface area contributed by atoms with E-state index in [9.17, 15) is 14.9 Å². The maximum absolute atomic E-state index is 13.4. The number of benzene rings is 3. The first kappa shape index (κ1) is 39.9. The van der Waals surface area contributed by atoms with Crippen molar-refractivity contribution in [3.63, 3.8) is 0 Å². The Morgan fingerprint density at radius 1 is 0.911 bits per heavy atom. The van der Waals surface area contributed by atoms with Crippen LogP contribution < -0.4 is 20.7 Å². The molecule has 0 spiro atoms. The van der Waals surface area contributed by atoms with Crippen molar-refractivity contribution in [2.45, 2.75) is 102 Å². The van der Waals surface area contributed by atoms with E-state index in [2.05, 4.69) is 55.6 Å². The second-order valence-corrected chi connectivity index (χ2v) is 16.9. The normalized spacial score (nSPS) is 24.6. The Kier molecular flexibility index (Phi) is 11.3. The first-order valence-corrected chi connectivity index (χ1v) is 20.3. The average Bonchev–Trinajstić information content (AvgIpc) is 3.62. The summed E-state index contributed by atoms with van der Waals surface area (Å²) in [4.78, 5) is 28.4. The molecule has 1 N–H and O–H groups in total. The molecular formula is C43H51N4O8P. The molecule has 2 aliphatic carbocycles. The number of hydrogen-bond donors (Lipinski definition) is 1. The summed E-state index contributed by atoms with van der Waals surface area (Å²) in [6.07, 6.45) is 1.97. The fourth-order valence-electron chi connectivity index (χ4n) is 8.78. The van der Waals surface area contributed by atoms with Gasteiger partial charge >= 0.3 is 5.69 Å². The highest BCUT2D eigenvalue weighted by Crippen LogP contribution is 2.72. The lowest BCUT2D eigenvalue weighted by Gasteiger charge is -2.44. The van der Waals surface area contributed by atoms with E-state index >= 15 is 0 Å². The summed E-state index contributed by atoms with van der Waals surface area (Å²) in [5.41, 5.74) is -0.841. The van der Waals surface area contributed by atoms with Crippen LogP contribution >= 0.6 is 8.53 Å². The SMILES string of the molecule is COc1ccc(C(O[C@]23C[C@H]2C[C@]2(OP(OCCC#N)N(C(C)C)C(C)C)C[C@H](n4cc(C)c(=O)[nH]c4=O)O[C@@H]23)(c2ccccc2)c2ccc(OC)cc2)cc1. The van der Waals surface area contributed by atoms with Gasteiger partial charge in [-0.05, 0) is 94.3 Å². The average molecular weight is 783 g/mol. The van der Waals surface area contributed by atoms with Gasteiger partial charge in [0.1, 0.15) is 40.6 Å². The molecule has 3 fully saturated rings. The molecule has 2 heterocycles. The van der Waals surface area contributed by atoms with Gasteiger partial charge in [0.25, 0.3) is 14.1 Å². The number of aryl methyl sites for hydroxylation is 1. The topological polar surface area (TPSA) is 137 Å². The lowest BCUT2D eigenvalue weighted by molar-refractivity contribution is -0.162. The van der Waals surface area contributed by atoms with Crippen LogP contribution in [0.3, 0.4) is 0 Å². The number of fused-ring (bicyclic) bond motifs is 3. The van der Waals surface area contributed by atoms with Crippen LogP contribution in [0.4, 0.5) is 0 Å². The zero-order valence-electron chi connectivity index (χ0n) is 33.1. The maximum Gasteiger partial charge on any atom is 0.330 e. The highest BCUT2D eigenvalue weighted by Gasteiger charge is 2.79. The number of rotatable bonds is 16. The third-order valence-corrected chi connectivity index (χ3v) is 13.5. The first-order chi connectivity index (χ1) is 26.9. The quantitative estimate of drug-likeness (QED) is 0.0698. The van der Waals surface area contributed by atoms with Gasteiger partial charge in [-0.15, -0.1) is 0 Å². The minimum atomic E-state index is -1.70. The number of H-pyrrole nitrogens is 1. The lowest BCUT2D eigenvalue weighted by Crippen LogP contribution is -2.49. The molecule has 56 heavy (non-hydrogen) atoms. The summed E-state index contributed by atoms with van der Waals surface area (Å²) in [6, 6.07) is 28.4. The molecule has 2 saturated carbocycles. The van der Waals surface area contributed by atoms with Gasteiger partial charge in [-0.2, -0.15) is 5.26 Å². The Morgan fingerprint density at radius 3 is 2.05 bits per heavy atom. The first-order valence-electron chi connectivity index (χ1n) is 19.2. The van der Waals surface area contributed by atoms with Crippen LogP contribution in [0.5, 0.6) is 11.5 Å². The Labute approximate surface area is 329 Å². The van der Waals surface area contributed by atoms with Gasteiger partial charge in [-0.25, -0.2) is 9.46 Å². The van der Waals surface area contributed by atoms with E-state index < -0.39 is 48.9 Å². The Balaban J connectivity index is 1.39. The molecule has 1 saturated heterocycles. The molecule has 13 heteroatoms. The van der Waals surface area contributed by atoms with Gasteiger partial charge in [-0.3, -0.25) is 14.3 Å². The van der Waals surface area contributed by atoms with Crippen molar-refractivity contribution >= 4 is 8.53 Å². The highest BCUT2D eigenvalue weighted by atomic mass is 31.2. The van der Waals surface area contributed by atoms with Gasteiger partial charge in [0.2, 0.25) is 0 Å². The fourth-order valence-corrected chi connectivity index (χ4v) is 10.6. The van der Waals surface area contributed by atoms with Gasteiger partial charge in [-0.1, -0.05) is 54.6 Å². The summed E-state index contributed by atoms with van der Waals surface area (Å²) < 4.78 is 43.6. The van der Waals surface area contributed by atoms with Crippen molar-refractivity contribution in [2.24, 2.45) is 5.92 Å². The fraction of sp³-hybridized carbons (Fsp3) is 0.465. The number of aromatic amines is 1. The smallest absolute Gasteiger partial charge is 0.330 e. The molecular weight excluding hydrogens is 731 g/mol. The number of hydrogen-bond acceptors (Lipinski definition) is 10. The number of nitriles is 1. The number of nitrogens with zero attached hydrogens (tertiary/aromatic N) is 3. The van der Waals surface area contributed by atoms with Crippen LogP contribution in [0.25, 0.3) is 0 Å². The monoisotopic (exact) mass is 782 g/mol. The van der Waals surface area contributed by atoms with Crippen LogP contribution in [-0.4, -0.2) is 64.4 Å². The van der Waals surface area contributed by atoms with E-state index in [1.54, 1.807) is 27.3 Å². The van der Waals surface area contributed by atoms with Crippen LogP contribution in [0, 0.1) is 24.2 Å². The summed E-state index contributed by atoms with van der Waals surface area (Å²) >= 11 is 0. The molecule has 296 valence electrons. The molecule has 1 aliphatic heterocycles. The summed E-state index contributed by atoms with van der Waals surface area (Å²) in [5.74, 6) is 1.48. The van der Waals surface area contributed by atoms with Crippen molar-refractivity contribution in [3.05, 3.63) is 128 Å². The molecule has 12 nitrogen and oxygen atoms in total. The van der Waals surface area contributed by atoms with Crippen molar-refractivity contribution < 1.29 is 28.0 Å². The summed E-state index contributed by atoms with van der Waals surface area (Å²) in [6.45, 7) is 10.3. The van der Waals surface area contributed by atoms with Crippen LogP contribution in [0.15, 0.2) is 94.6 Å². The molecule has 4 aromatic rings. The van der Waals surface area contributed by atoms with Gasteiger partial charge in [0, 0.05) is 30.3 Å². The zero-order valence-corrected chi connectivity index (χ0v) is 34.0. The van der Waals surface area contributed by atoms with Gasteiger partial charge in [0.05, 0.1) is 33.3 Å². The third-order valence-electron chi connectivity index (χ3n) is 11.3. The number of nitrogens with one attached hydrogen (secondary N) is 1. The minimum absolute atomic E-state index is 0.0459. The van der Waals surface area contributed by atoms with Gasteiger partial charge < -0.3 is 28.0 Å². The van der Waals surface area contributed by atoms with E-state index in [0.717, 1.165) is 28.2 Å². The number of aromatic nitrogens is 2. The molecule has 0 bridgehead atoms. The lowest BCUT2D eigenvalue weighted by atomic mass is 9.79. The molecule has 6 atom stereocenters. The van der Waals surface area contributed by atoms with Crippen LogP contribution in [0.2, 0.25) is 0 Å². The minimum Gasteiger partial charge on any atom is -0.497 e. The molecule has 0 amide bonds. The number of methoxy groups -OCH3 is 2. The molecule has 7 rings (SSSR count). The van der Waals surface area contributed by atoms with E-state index in [-0.39, 0.29) is 31.0 Å². The number of ether oxygens (including phenoxy) is 4. The van der Waals surface area contributed by atoms with E-state index in [0.29, 0.717) is 24.8 Å². The van der Waals surface area contributed by atoms with Crippen molar-refractivity contribution in [3.8, 4) is 17.6 Å². The Bertz CT molecular complexity index is 2100. The van der Waals surface area contributed by atoms with Crippen LogP contribution in [0.1, 0.15) is 81.9 Å². The zero-order chi connectivity index (χ0) is 39.8.